The van der Waals surface area contributed by atoms with E-state index in [1.807, 2.05) is 0 Å². The second-order valence-corrected chi connectivity index (χ2v) is 3.76. The molecule has 0 aliphatic heterocycles. The van der Waals surface area contributed by atoms with Crippen molar-refractivity contribution in [1.82, 2.24) is 5.16 Å². The van der Waals surface area contributed by atoms with Crippen molar-refractivity contribution in [2.75, 3.05) is 14.2 Å². The van der Waals surface area contributed by atoms with Crippen molar-refractivity contribution in [1.29, 1.82) is 0 Å². The average Bonchev–Trinajstić information content (AvgIpc) is 2.83. The van der Waals surface area contributed by atoms with Gasteiger partial charge in [0.2, 0.25) is 0 Å². The van der Waals surface area contributed by atoms with E-state index in [2.05, 4.69) is 5.16 Å². The van der Waals surface area contributed by atoms with Gasteiger partial charge in [-0.1, -0.05) is 5.16 Å². The summed E-state index contributed by atoms with van der Waals surface area (Å²) < 4.78 is 27.6. The number of carbonyl (C=O) groups excluding carboxylic acids is 1. The molecule has 1 aromatic heterocycles. The van der Waals surface area contributed by atoms with Crippen LogP contribution < -0.4 is 0 Å². The minimum Gasteiger partial charge on any atom is -0.465 e. The van der Waals surface area contributed by atoms with Gasteiger partial charge in [-0.3, -0.25) is 0 Å². The summed E-state index contributed by atoms with van der Waals surface area (Å²) in [6, 6.07) is 5.58. The van der Waals surface area contributed by atoms with E-state index in [4.69, 9.17) is 14.0 Å². The summed E-state index contributed by atoms with van der Waals surface area (Å²) in [5, 5.41) is 3.83. The molecule has 0 spiro atoms. The molecule has 2 rings (SSSR count). The number of aromatic nitrogens is 1. The second kappa shape index (κ2) is 5.62. The third kappa shape index (κ3) is 2.63. The van der Waals surface area contributed by atoms with Crippen molar-refractivity contribution < 1.29 is 23.2 Å². The number of carbonyl (C=O) groups is 1. The molecule has 0 bridgehead atoms. The first-order chi connectivity index (χ1) is 9.17. The second-order valence-electron chi connectivity index (χ2n) is 3.76. The topological polar surface area (TPSA) is 61.6 Å². The first-order valence-corrected chi connectivity index (χ1v) is 5.49. The van der Waals surface area contributed by atoms with E-state index >= 15 is 0 Å². The van der Waals surface area contributed by atoms with Crippen LogP contribution in [0, 0.1) is 5.82 Å². The van der Waals surface area contributed by atoms with Crippen LogP contribution in [-0.4, -0.2) is 25.3 Å². The van der Waals surface area contributed by atoms with E-state index in [0.717, 1.165) is 0 Å². The lowest BCUT2D eigenvalue weighted by Crippen LogP contribution is -2.05. The van der Waals surface area contributed by atoms with Crippen LogP contribution in [-0.2, 0) is 16.1 Å². The van der Waals surface area contributed by atoms with Crippen LogP contribution in [0.15, 0.2) is 28.8 Å². The highest BCUT2D eigenvalue weighted by Gasteiger charge is 2.24. The van der Waals surface area contributed by atoms with Crippen molar-refractivity contribution in [3.8, 4) is 11.3 Å². The number of nitrogens with zero attached hydrogens (tertiary/aromatic N) is 1. The highest BCUT2D eigenvalue weighted by molar-refractivity contribution is 5.97. The average molecular weight is 265 g/mol. The van der Waals surface area contributed by atoms with E-state index in [9.17, 15) is 9.18 Å². The molecule has 1 aromatic carbocycles. The number of halogens is 1. The summed E-state index contributed by atoms with van der Waals surface area (Å²) in [7, 11) is 2.74. The van der Waals surface area contributed by atoms with Gasteiger partial charge in [0.15, 0.2) is 5.76 Å². The molecule has 0 fully saturated rings. The highest BCUT2D eigenvalue weighted by atomic mass is 19.1. The van der Waals surface area contributed by atoms with Crippen LogP contribution in [0.25, 0.3) is 11.3 Å². The van der Waals surface area contributed by atoms with Gasteiger partial charge in [0.25, 0.3) is 0 Å². The number of hydrogen-bond acceptors (Lipinski definition) is 5. The van der Waals surface area contributed by atoms with Gasteiger partial charge in [-0.25, -0.2) is 9.18 Å². The molecule has 19 heavy (non-hydrogen) atoms. The Hall–Kier alpha value is -2.21. The first-order valence-electron chi connectivity index (χ1n) is 5.49. The minimum absolute atomic E-state index is 0.0959. The normalized spacial score (nSPS) is 10.5. The Labute approximate surface area is 108 Å². The summed E-state index contributed by atoms with van der Waals surface area (Å²) in [6.45, 7) is 0.0959. The van der Waals surface area contributed by atoms with Crippen LogP contribution in [0.4, 0.5) is 4.39 Å². The minimum atomic E-state index is -0.576. The lowest BCUT2D eigenvalue weighted by Gasteiger charge is -2.02. The molecule has 0 aliphatic carbocycles. The Bertz CT molecular complexity index is 577. The third-order valence-electron chi connectivity index (χ3n) is 2.55. The number of benzene rings is 1. The van der Waals surface area contributed by atoms with E-state index in [0.29, 0.717) is 11.3 Å². The monoisotopic (exact) mass is 265 g/mol. The highest BCUT2D eigenvalue weighted by Crippen LogP contribution is 2.26. The molecule has 0 N–H and O–H groups in total. The number of methoxy groups -OCH3 is 2. The van der Waals surface area contributed by atoms with Gasteiger partial charge in [-0.15, -0.1) is 0 Å². The maximum atomic E-state index is 12.9. The zero-order valence-electron chi connectivity index (χ0n) is 10.5. The molecule has 1 heterocycles. The molecule has 0 saturated heterocycles. The number of hydrogen-bond donors (Lipinski definition) is 0. The Morgan fingerprint density at radius 3 is 2.58 bits per heavy atom. The predicted octanol–water partition coefficient (Wildman–Crippen LogP) is 2.41. The van der Waals surface area contributed by atoms with E-state index in [-0.39, 0.29) is 23.7 Å². The van der Waals surface area contributed by atoms with Gasteiger partial charge in [0.05, 0.1) is 7.11 Å². The first kappa shape index (κ1) is 13.2. The maximum absolute atomic E-state index is 12.9. The van der Waals surface area contributed by atoms with Crippen molar-refractivity contribution in [2.24, 2.45) is 0 Å². The van der Waals surface area contributed by atoms with Crippen molar-refractivity contribution in [3.63, 3.8) is 0 Å². The summed E-state index contributed by atoms with van der Waals surface area (Å²) in [5.41, 5.74) is 1.06. The maximum Gasteiger partial charge on any atom is 0.343 e. The summed E-state index contributed by atoms with van der Waals surface area (Å²) in [5.74, 6) is -0.676. The summed E-state index contributed by atoms with van der Waals surface area (Å²) in [6.07, 6.45) is 0. The van der Waals surface area contributed by atoms with Crippen LogP contribution in [0.2, 0.25) is 0 Å². The molecular formula is C13H12FNO4. The predicted molar refractivity (Wildman–Crippen MR) is 63.9 cm³/mol. The zero-order valence-corrected chi connectivity index (χ0v) is 10.5. The van der Waals surface area contributed by atoms with Gasteiger partial charge in [0, 0.05) is 12.7 Å². The van der Waals surface area contributed by atoms with Crippen LogP contribution in [0.1, 0.15) is 16.1 Å². The molecule has 0 radical (unpaired) electrons. The molecule has 0 amide bonds. The number of rotatable bonds is 4. The Morgan fingerprint density at radius 2 is 2.00 bits per heavy atom. The Balaban J connectivity index is 2.50. The molecule has 5 nitrogen and oxygen atoms in total. The fraction of sp³-hybridized carbons (Fsp3) is 0.231. The molecule has 2 aromatic rings. The lowest BCUT2D eigenvalue weighted by atomic mass is 10.1. The van der Waals surface area contributed by atoms with Crippen molar-refractivity contribution >= 4 is 5.97 Å². The van der Waals surface area contributed by atoms with Crippen molar-refractivity contribution in [3.05, 3.63) is 41.4 Å². The SMILES string of the molecule is COCc1onc(-c2ccc(F)cc2)c1C(=O)OC. The summed E-state index contributed by atoms with van der Waals surface area (Å²) in [4.78, 5) is 11.8. The van der Waals surface area contributed by atoms with Gasteiger partial charge in [-0.2, -0.15) is 0 Å². The lowest BCUT2D eigenvalue weighted by molar-refractivity contribution is 0.0593. The molecule has 0 saturated carbocycles. The third-order valence-corrected chi connectivity index (χ3v) is 2.55. The molecular weight excluding hydrogens is 253 g/mol. The summed E-state index contributed by atoms with van der Waals surface area (Å²) >= 11 is 0. The van der Waals surface area contributed by atoms with Crippen LogP contribution in [0.5, 0.6) is 0 Å². The van der Waals surface area contributed by atoms with Crippen LogP contribution in [0.3, 0.4) is 0 Å². The van der Waals surface area contributed by atoms with E-state index < -0.39 is 5.97 Å². The van der Waals surface area contributed by atoms with E-state index in [1.165, 1.54) is 38.5 Å². The quantitative estimate of drug-likeness (QED) is 0.794. The van der Waals surface area contributed by atoms with Crippen LogP contribution >= 0.6 is 0 Å². The molecule has 100 valence electrons. The number of ether oxygens (including phenoxy) is 2. The zero-order chi connectivity index (χ0) is 13.8. The molecule has 0 unspecified atom stereocenters. The Kier molecular flexibility index (Phi) is 3.91. The van der Waals surface area contributed by atoms with E-state index in [1.54, 1.807) is 0 Å². The molecule has 0 atom stereocenters. The standard InChI is InChI=1S/C13H12FNO4/c1-17-7-10-11(13(16)18-2)12(15-19-10)8-3-5-9(14)6-4-8/h3-6H,7H2,1-2H3. The molecule has 6 heteroatoms. The van der Waals surface area contributed by atoms with Gasteiger partial charge in [0.1, 0.15) is 23.7 Å². The van der Waals surface area contributed by atoms with Gasteiger partial charge < -0.3 is 14.0 Å². The fourth-order valence-electron chi connectivity index (χ4n) is 1.67. The fourth-order valence-corrected chi connectivity index (χ4v) is 1.67. The largest absolute Gasteiger partial charge is 0.465 e. The molecule has 0 aliphatic rings. The number of esters is 1. The van der Waals surface area contributed by atoms with Gasteiger partial charge >= 0.3 is 5.97 Å². The Morgan fingerprint density at radius 1 is 1.32 bits per heavy atom. The van der Waals surface area contributed by atoms with Gasteiger partial charge in [-0.05, 0) is 24.3 Å². The smallest absolute Gasteiger partial charge is 0.343 e. The van der Waals surface area contributed by atoms with Crippen molar-refractivity contribution in [2.45, 2.75) is 6.61 Å².